The van der Waals surface area contributed by atoms with Gasteiger partial charge in [-0.2, -0.15) is 13.2 Å². The van der Waals surface area contributed by atoms with Crippen LogP contribution in [0.25, 0.3) is 5.65 Å². The second kappa shape index (κ2) is 7.27. The van der Waals surface area contributed by atoms with E-state index in [-0.39, 0.29) is 11.5 Å². The Balaban J connectivity index is 1.35. The van der Waals surface area contributed by atoms with E-state index < -0.39 is 11.7 Å². The van der Waals surface area contributed by atoms with E-state index in [0.717, 1.165) is 23.5 Å². The highest BCUT2D eigenvalue weighted by molar-refractivity contribution is 5.94. The monoisotopic (exact) mass is 388 g/mol. The quantitative estimate of drug-likeness (QED) is 0.691. The van der Waals surface area contributed by atoms with E-state index in [4.69, 9.17) is 0 Å². The molecule has 0 N–H and O–H groups in total. The summed E-state index contributed by atoms with van der Waals surface area (Å²) in [6.45, 7) is 3.16. The molecular formula is C20H19F3N4O. The molecule has 1 aliphatic heterocycles. The topological polar surface area (TPSA) is 40.9 Å². The predicted molar refractivity (Wildman–Crippen MR) is 97.8 cm³/mol. The van der Waals surface area contributed by atoms with Crippen molar-refractivity contribution >= 4 is 11.6 Å². The van der Waals surface area contributed by atoms with Crippen LogP contribution in [0.4, 0.5) is 13.2 Å². The molecule has 8 heteroatoms. The molecule has 1 fully saturated rings. The predicted octanol–water partition coefficient (Wildman–Crippen LogP) is 3.31. The van der Waals surface area contributed by atoms with Crippen LogP contribution >= 0.6 is 0 Å². The molecular weight excluding hydrogens is 369 g/mol. The lowest BCUT2D eigenvalue weighted by atomic mass is 10.1. The van der Waals surface area contributed by atoms with Gasteiger partial charge >= 0.3 is 6.18 Å². The van der Waals surface area contributed by atoms with Crippen LogP contribution in [0.3, 0.4) is 0 Å². The molecule has 146 valence electrons. The van der Waals surface area contributed by atoms with Gasteiger partial charge in [-0.3, -0.25) is 9.69 Å². The number of hydrogen-bond acceptors (Lipinski definition) is 3. The second-order valence-electron chi connectivity index (χ2n) is 6.84. The number of piperazine rings is 1. The lowest BCUT2D eigenvalue weighted by Gasteiger charge is -2.34. The van der Waals surface area contributed by atoms with E-state index in [0.29, 0.717) is 32.7 Å². The van der Waals surface area contributed by atoms with Gasteiger partial charge in [0.1, 0.15) is 5.65 Å². The Morgan fingerprint density at radius 2 is 1.71 bits per heavy atom. The summed E-state index contributed by atoms with van der Waals surface area (Å²) in [6, 6.07) is 10.2. The minimum atomic E-state index is -4.40. The van der Waals surface area contributed by atoms with E-state index in [2.05, 4.69) is 9.88 Å². The molecule has 3 aromatic rings. The molecule has 0 bridgehead atoms. The van der Waals surface area contributed by atoms with Crippen molar-refractivity contribution in [1.29, 1.82) is 0 Å². The van der Waals surface area contributed by atoms with Gasteiger partial charge in [-0.25, -0.2) is 4.98 Å². The molecule has 4 rings (SSSR count). The largest absolute Gasteiger partial charge is 0.416 e. The summed E-state index contributed by atoms with van der Waals surface area (Å²) in [6.07, 6.45) is -0.452. The van der Waals surface area contributed by atoms with Crippen molar-refractivity contribution in [2.45, 2.75) is 12.7 Å². The van der Waals surface area contributed by atoms with Crippen molar-refractivity contribution in [2.24, 2.45) is 0 Å². The number of benzene rings is 1. The van der Waals surface area contributed by atoms with Gasteiger partial charge in [0.2, 0.25) is 0 Å². The number of halogens is 3. The summed E-state index contributed by atoms with van der Waals surface area (Å²) in [4.78, 5) is 21.0. The molecule has 5 nitrogen and oxygen atoms in total. The molecule has 3 heterocycles. The first kappa shape index (κ1) is 18.5. The van der Waals surface area contributed by atoms with Crippen LogP contribution in [0.15, 0.2) is 54.9 Å². The minimum absolute atomic E-state index is 0.235. The first-order valence-electron chi connectivity index (χ1n) is 9.02. The van der Waals surface area contributed by atoms with Crippen molar-refractivity contribution < 1.29 is 18.0 Å². The van der Waals surface area contributed by atoms with Gasteiger partial charge in [-0.15, -0.1) is 0 Å². The average Bonchev–Trinajstić information content (AvgIpc) is 3.10. The molecule has 1 saturated heterocycles. The SMILES string of the molecule is O=C(c1ccc(C(F)(F)F)cc1)N1CCN(Cc2cn3ccccc3n2)CC1. The molecule has 1 aromatic carbocycles. The lowest BCUT2D eigenvalue weighted by molar-refractivity contribution is -0.137. The molecule has 0 unspecified atom stereocenters. The summed E-state index contributed by atoms with van der Waals surface area (Å²) in [5.74, 6) is -0.235. The van der Waals surface area contributed by atoms with E-state index >= 15 is 0 Å². The normalized spacial score (nSPS) is 15.9. The van der Waals surface area contributed by atoms with Gasteiger partial charge in [0.15, 0.2) is 0 Å². The highest BCUT2D eigenvalue weighted by atomic mass is 19.4. The lowest BCUT2D eigenvalue weighted by Crippen LogP contribution is -2.48. The number of fused-ring (bicyclic) bond motifs is 1. The van der Waals surface area contributed by atoms with Crippen molar-refractivity contribution in [3.05, 3.63) is 71.7 Å². The van der Waals surface area contributed by atoms with E-state index in [1.807, 2.05) is 35.0 Å². The first-order valence-corrected chi connectivity index (χ1v) is 9.02. The van der Waals surface area contributed by atoms with Crippen molar-refractivity contribution in [3.8, 4) is 0 Å². The van der Waals surface area contributed by atoms with Crippen LogP contribution < -0.4 is 0 Å². The third kappa shape index (κ3) is 3.87. The summed E-state index contributed by atoms with van der Waals surface area (Å²) in [5, 5.41) is 0. The Hall–Kier alpha value is -2.87. The maximum atomic E-state index is 12.7. The number of carbonyl (C=O) groups excluding carboxylic acids is 1. The van der Waals surface area contributed by atoms with Crippen molar-refractivity contribution in [3.63, 3.8) is 0 Å². The van der Waals surface area contributed by atoms with Gasteiger partial charge in [0.25, 0.3) is 5.91 Å². The number of aromatic nitrogens is 2. The molecule has 0 atom stereocenters. The van der Waals surface area contributed by atoms with E-state index in [1.165, 1.54) is 12.1 Å². The fourth-order valence-electron chi connectivity index (χ4n) is 3.39. The van der Waals surface area contributed by atoms with Crippen LogP contribution in [-0.4, -0.2) is 51.3 Å². The number of nitrogens with zero attached hydrogens (tertiary/aromatic N) is 4. The molecule has 28 heavy (non-hydrogen) atoms. The third-order valence-electron chi connectivity index (χ3n) is 4.92. The number of pyridine rings is 1. The fourth-order valence-corrected chi connectivity index (χ4v) is 3.39. The Kier molecular flexibility index (Phi) is 4.80. The standard InChI is InChI=1S/C20H19F3N4O/c21-20(22,23)16-6-4-15(5-7-16)19(28)26-11-9-25(10-12-26)13-17-14-27-8-2-1-3-18(27)24-17/h1-8,14H,9-13H2. The van der Waals surface area contributed by atoms with Crippen LogP contribution in [0.5, 0.6) is 0 Å². The van der Waals surface area contributed by atoms with Gasteiger partial charge in [-0.05, 0) is 36.4 Å². The van der Waals surface area contributed by atoms with Gasteiger partial charge < -0.3 is 9.30 Å². The van der Waals surface area contributed by atoms with Gasteiger partial charge in [0, 0.05) is 50.7 Å². The molecule has 0 saturated carbocycles. The van der Waals surface area contributed by atoms with Crippen LogP contribution in [0.1, 0.15) is 21.6 Å². The maximum Gasteiger partial charge on any atom is 0.416 e. The number of imidazole rings is 1. The molecule has 2 aromatic heterocycles. The fraction of sp³-hybridized carbons (Fsp3) is 0.300. The first-order chi connectivity index (χ1) is 13.4. The summed E-state index contributed by atoms with van der Waals surface area (Å²) in [5.41, 5.74) is 1.39. The Bertz CT molecular complexity index is 940. The third-order valence-corrected chi connectivity index (χ3v) is 4.92. The molecule has 1 aliphatic rings. The second-order valence-corrected chi connectivity index (χ2v) is 6.84. The van der Waals surface area contributed by atoms with Crippen molar-refractivity contribution in [1.82, 2.24) is 19.2 Å². The smallest absolute Gasteiger partial charge is 0.336 e. The highest BCUT2D eigenvalue weighted by Gasteiger charge is 2.30. The Morgan fingerprint density at radius 1 is 1.00 bits per heavy atom. The van der Waals surface area contributed by atoms with Crippen molar-refractivity contribution in [2.75, 3.05) is 26.2 Å². The van der Waals surface area contributed by atoms with Crippen LogP contribution in [0, 0.1) is 0 Å². The van der Waals surface area contributed by atoms with Gasteiger partial charge in [0.05, 0.1) is 11.3 Å². The number of alkyl halides is 3. The van der Waals surface area contributed by atoms with Crippen LogP contribution in [-0.2, 0) is 12.7 Å². The number of rotatable bonds is 3. The molecule has 1 amide bonds. The van der Waals surface area contributed by atoms with Gasteiger partial charge in [-0.1, -0.05) is 6.07 Å². The van der Waals surface area contributed by atoms with E-state index in [1.54, 1.807) is 4.90 Å². The zero-order valence-electron chi connectivity index (χ0n) is 15.1. The molecule has 0 radical (unpaired) electrons. The zero-order chi connectivity index (χ0) is 19.7. The molecule has 0 aliphatic carbocycles. The number of carbonyl (C=O) groups is 1. The maximum absolute atomic E-state index is 12.7. The summed E-state index contributed by atoms with van der Waals surface area (Å²) in [7, 11) is 0. The summed E-state index contributed by atoms with van der Waals surface area (Å²) >= 11 is 0. The molecule has 0 spiro atoms. The Morgan fingerprint density at radius 3 is 2.36 bits per heavy atom. The Labute approximate surface area is 160 Å². The number of amides is 1. The highest BCUT2D eigenvalue weighted by Crippen LogP contribution is 2.29. The van der Waals surface area contributed by atoms with E-state index in [9.17, 15) is 18.0 Å². The zero-order valence-corrected chi connectivity index (χ0v) is 15.1. The average molecular weight is 388 g/mol. The van der Waals surface area contributed by atoms with Crippen LogP contribution in [0.2, 0.25) is 0 Å². The minimum Gasteiger partial charge on any atom is -0.336 e. The summed E-state index contributed by atoms with van der Waals surface area (Å²) < 4.78 is 39.9. The number of hydrogen-bond donors (Lipinski definition) is 0.